The fourth-order valence-electron chi connectivity index (χ4n) is 3.33. The smallest absolute Gasteiger partial charge is 0.338 e. The Morgan fingerprint density at radius 1 is 0.806 bits per heavy atom. The molecule has 0 spiro atoms. The number of esters is 1. The Labute approximate surface area is 209 Å². The lowest BCUT2D eigenvalue weighted by Crippen LogP contribution is -2.46. The van der Waals surface area contributed by atoms with Gasteiger partial charge in [-0.2, -0.15) is 0 Å². The molecular formula is C27H28N4O5. The minimum atomic E-state index is -0.634. The second-order valence-electron chi connectivity index (χ2n) is 7.71. The molecule has 3 rings (SSSR count). The van der Waals surface area contributed by atoms with Crippen LogP contribution in [0, 0.1) is 0 Å². The van der Waals surface area contributed by atoms with Crippen molar-refractivity contribution < 1.29 is 23.9 Å². The molecule has 0 saturated heterocycles. The summed E-state index contributed by atoms with van der Waals surface area (Å²) in [6, 6.07) is 23.5. The highest BCUT2D eigenvalue weighted by Crippen LogP contribution is 2.16. The lowest BCUT2D eigenvalue weighted by atomic mass is 10.2. The summed E-state index contributed by atoms with van der Waals surface area (Å²) in [6.45, 7) is 1.39. The van der Waals surface area contributed by atoms with Gasteiger partial charge in [-0.1, -0.05) is 42.5 Å². The van der Waals surface area contributed by atoms with Crippen molar-refractivity contribution in [3.05, 3.63) is 90.5 Å². The standard InChI is InChI=1S/C27H28N4O5/c1-3-36-26(34)20-11-10-12-21(17-20)29-27(35)28-18-24(32)31(23-15-8-5-9-16-23)19-25(33)30(2)22-13-6-4-7-14-22/h4-17H,3,18-19H2,1-2H3,(H2,28,29,35). The summed E-state index contributed by atoms with van der Waals surface area (Å²) < 4.78 is 4.96. The first-order valence-corrected chi connectivity index (χ1v) is 11.4. The number of carbonyl (C=O) groups is 4. The van der Waals surface area contributed by atoms with E-state index in [-0.39, 0.29) is 25.6 Å². The number of amides is 4. The van der Waals surface area contributed by atoms with E-state index in [1.54, 1.807) is 74.6 Å². The van der Waals surface area contributed by atoms with Crippen molar-refractivity contribution >= 4 is 40.9 Å². The summed E-state index contributed by atoms with van der Waals surface area (Å²) in [7, 11) is 1.64. The highest BCUT2D eigenvalue weighted by atomic mass is 16.5. The van der Waals surface area contributed by atoms with Crippen LogP contribution in [0.2, 0.25) is 0 Å². The van der Waals surface area contributed by atoms with Crippen LogP contribution in [-0.4, -0.2) is 50.6 Å². The molecule has 0 aliphatic carbocycles. The van der Waals surface area contributed by atoms with Crippen LogP contribution in [-0.2, 0) is 14.3 Å². The van der Waals surface area contributed by atoms with E-state index in [2.05, 4.69) is 10.6 Å². The van der Waals surface area contributed by atoms with Gasteiger partial charge in [-0.05, 0) is 49.4 Å². The van der Waals surface area contributed by atoms with Crippen molar-refractivity contribution in [2.45, 2.75) is 6.92 Å². The second kappa shape index (κ2) is 12.7. The monoisotopic (exact) mass is 488 g/mol. The maximum Gasteiger partial charge on any atom is 0.338 e. The Hall–Kier alpha value is -4.66. The van der Waals surface area contributed by atoms with E-state index >= 15 is 0 Å². The molecule has 2 N–H and O–H groups in total. The topological polar surface area (TPSA) is 108 Å². The van der Waals surface area contributed by atoms with Crippen molar-refractivity contribution in [3.63, 3.8) is 0 Å². The highest BCUT2D eigenvalue weighted by molar-refractivity contribution is 6.05. The zero-order chi connectivity index (χ0) is 25.9. The van der Waals surface area contributed by atoms with E-state index in [4.69, 9.17) is 4.74 Å². The molecule has 0 heterocycles. The zero-order valence-corrected chi connectivity index (χ0v) is 20.1. The molecule has 0 unspecified atom stereocenters. The minimum absolute atomic E-state index is 0.209. The molecule has 0 saturated carbocycles. The number of urea groups is 1. The van der Waals surface area contributed by atoms with Crippen LogP contribution in [0.25, 0.3) is 0 Å². The highest BCUT2D eigenvalue weighted by Gasteiger charge is 2.22. The number of benzene rings is 3. The molecule has 3 aromatic carbocycles. The van der Waals surface area contributed by atoms with Gasteiger partial charge in [0.15, 0.2) is 0 Å². The Kier molecular flexibility index (Phi) is 9.16. The molecule has 186 valence electrons. The molecule has 0 aliphatic rings. The van der Waals surface area contributed by atoms with E-state index in [0.717, 1.165) is 0 Å². The Balaban J connectivity index is 1.64. The maximum absolute atomic E-state index is 13.1. The van der Waals surface area contributed by atoms with Gasteiger partial charge in [-0.3, -0.25) is 9.59 Å². The molecule has 9 heteroatoms. The SMILES string of the molecule is CCOC(=O)c1cccc(NC(=O)NCC(=O)N(CC(=O)N(C)c2ccccc2)c2ccccc2)c1. The van der Waals surface area contributed by atoms with Crippen LogP contribution < -0.4 is 20.4 Å². The van der Waals surface area contributed by atoms with Gasteiger partial charge in [0, 0.05) is 24.1 Å². The predicted molar refractivity (Wildman–Crippen MR) is 138 cm³/mol. The summed E-state index contributed by atoms with van der Waals surface area (Å²) in [4.78, 5) is 53.1. The minimum Gasteiger partial charge on any atom is -0.462 e. The van der Waals surface area contributed by atoms with Gasteiger partial charge in [-0.25, -0.2) is 9.59 Å². The third-order valence-electron chi connectivity index (χ3n) is 5.21. The molecule has 0 bridgehead atoms. The average molecular weight is 489 g/mol. The second-order valence-corrected chi connectivity index (χ2v) is 7.71. The number of carbonyl (C=O) groups excluding carboxylic acids is 4. The van der Waals surface area contributed by atoms with Gasteiger partial charge in [0.25, 0.3) is 0 Å². The van der Waals surface area contributed by atoms with Crippen molar-refractivity contribution in [3.8, 4) is 0 Å². The van der Waals surface area contributed by atoms with Crippen LogP contribution in [0.5, 0.6) is 0 Å². The van der Waals surface area contributed by atoms with Gasteiger partial charge >= 0.3 is 12.0 Å². The molecule has 0 aliphatic heterocycles. The largest absolute Gasteiger partial charge is 0.462 e. The van der Waals surface area contributed by atoms with Gasteiger partial charge in [0.1, 0.15) is 6.54 Å². The molecule has 4 amide bonds. The quantitative estimate of drug-likeness (QED) is 0.447. The van der Waals surface area contributed by atoms with E-state index in [1.165, 1.54) is 15.9 Å². The van der Waals surface area contributed by atoms with Gasteiger partial charge in [0.05, 0.1) is 18.7 Å². The first-order valence-electron chi connectivity index (χ1n) is 11.4. The third-order valence-corrected chi connectivity index (χ3v) is 5.21. The molecule has 0 aromatic heterocycles. The van der Waals surface area contributed by atoms with E-state index in [9.17, 15) is 19.2 Å². The Morgan fingerprint density at radius 3 is 2.08 bits per heavy atom. The lowest BCUT2D eigenvalue weighted by molar-refractivity contribution is -0.121. The van der Waals surface area contributed by atoms with E-state index in [1.807, 2.05) is 18.2 Å². The normalized spacial score (nSPS) is 10.2. The molecule has 36 heavy (non-hydrogen) atoms. The summed E-state index contributed by atoms with van der Waals surface area (Å²) >= 11 is 0. The number of para-hydroxylation sites is 2. The number of nitrogens with one attached hydrogen (secondary N) is 2. The van der Waals surface area contributed by atoms with Crippen molar-refractivity contribution in [1.29, 1.82) is 0 Å². The van der Waals surface area contributed by atoms with Crippen molar-refractivity contribution in [2.24, 2.45) is 0 Å². The molecule has 9 nitrogen and oxygen atoms in total. The summed E-state index contributed by atoms with van der Waals surface area (Å²) in [5.74, 6) is -1.26. The fourth-order valence-corrected chi connectivity index (χ4v) is 3.33. The van der Waals surface area contributed by atoms with Gasteiger partial charge in [-0.15, -0.1) is 0 Å². The molecule has 3 aromatic rings. The maximum atomic E-state index is 13.1. The zero-order valence-electron chi connectivity index (χ0n) is 20.1. The van der Waals surface area contributed by atoms with Gasteiger partial charge < -0.3 is 25.2 Å². The van der Waals surface area contributed by atoms with E-state index < -0.39 is 17.9 Å². The molecule has 0 fully saturated rings. The third kappa shape index (κ3) is 7.17. The number of rotatable bonds is 9. The van der Waals surface area contributed by atoms with Crippen LogP contribution in [0.3, 0.4) is 0 Å². The van der Waals surface area contributed by atoms with Crippen LogP contribution in [0.15, 0.2) is 84.9 Å². The van der Waals surface area contributed by atoms with Crippen molar-refractivity contribution in [2.75, 3.05) is 41.9 Å². The summed E-state index contributed by atoms with van der Waals surface area (Å²) in [6.07, 6.45) is 0. The number of nitrogens with zero attached hydrogens (tertiary/aromatic N) is 2. The fraction of sp³-hybridized carbons (Fsp3) is 0.185. The predicted octanol–water partition coefficient (Wildman–Crippen LogP) is 3.68. The van der Waals surface area contributed by atoms with Crippen molar-refractivity contribution in [1.82, 2.24) is 5.32 Å². The Morgan fingerprint density at radius 2 is 1.44 bits per heavy atom. The number of hydrogen-bond donors (Lipinski definition) is 2. The number of anilines is 3. The first-order chi connectivity index (χ1) is 17.4. The average Bonchev–Trinajstić information content (AvgIpc) is 2.91. The van der Waals surface area contributed by atoms with Crippen LogP contribution in [0.4, 0.5) is 21.9 Å². The van der Waals surface area contributed by atoms with Gasteiger partial charge in [0.2, 0.25) is 11.8 Å². The molecular weight excluding hydrogens is 460 g/mol. The number of hydrogen-bond acceptors (Lipinski definition) is 5. The lowest BCUT2D eigenvalue weighted by Gasteiger charge is -2.25. The van der Waals surface area contributed by atoms with Crippen LogP contribution in [0.1, 0.15) is 17.3 Å². The number of likely N-dealkylation sites (N-methyl/N-ethyl adjacent to an activating group) is 1. The molecule has 0 radical (unpaired) electrons. The summed E-state index contributed by atoms with van der Waals surface area (Å²) in [5.41, 5.74) is 1.89. The van der Waals surface area contributed by atoms with Crippen LogP contribution >= 0.6 is 0 Å². The number of ether oxygens (including phenoxy) is 1. The first kappa shape index (κ1) is 26.0. The Bertz CT molecular complexity index is 1200. The molecule has 0 atom stereocenters. The summed E-state index contributed by atoms with van der Waals surface area (Å²) in [5, 5.41) is 5.10. The van der Waals surface area contributed by atoms with E-state index in [0.29, 0.717) is 22.6 Å².